The third-order valence-corrected chi connectivity index (χ3v) is 2.56. The van der Waals surface area contributed by atoms with Crippen LogP contribution in [-0.4, -0.2) is 40.5 Å². The second kappa shape index (κ2) is 9.74. The first kappa shape index (κ1) is 14.8. The average molecular weight is 253 g/mol. The van der Waals surface area contributed by atoms with E-state index in [1.807, 2.05) is 24.3 Å². The van der Waals surface area contributed by atoms with Gasteiger partial charge in [0, 0.05) is 20.3 Å². The predicted octanol–water partition coefficient (Wildman–Crippen LogP) is 2.09. The van der Waals surface area contributed by atoms with Gasteiger partial charge in [0.15, 0.2) is 11.5 Å². The Hall–Kier alpha value is -1.26. The van der Waals surface area contributed by atoms with Gasteiger partial charge in [-0.2, -0.15) is 0 Å². The molecule has 1 N–H and O–H groups in total. The molecule has 1 aromatic rings. The maximum Gasteiger partial charge on any atom is 0.161 e. The molecule has 0 unspecified atom stereocenters. The Morgan fingerprint density at radius 3 is 2.44 bits per heavy atom. The van der Waals surface area contributed by atoms with E-state index in [4.69, 9.17) is 14.2 Å². The minimum Gasteiger partial charge on any atom is -0.493 e. The predicted molar refractivity (Wildman–Crippen MR) is 72.5 cm³/mol. The molecule has 0 saturated heterocycles. The lowest BCUT2D eigenvalue weighted by molar-refractivity contribution is 0.192. The van der Waals surface area contributed by atoms with Crippen molar-refractivity contribution in [1.82, 2.24) is 5.32 Å². The molecule has 0 heterocycles. The van der Waals surface area contributed by atoms with Gasteiger partial charge in [0.05, 0.1) is 7.11 Å². The van der Waals surface area contributed by atoms with Crippen molar-refractivity contribution in [3.63, 3.8) is 0 Å². The summed E-state index contributed by atoms with van der Waals surface area (Å²) in [5, 5.41) is 3.33. The summed E-state index contributed by atoms with van der Waals surface area (Å²) in [5.41, 5.74) is 0. The summed E-state index contributed by atoms with van der Waals surface area (Å²) >= 11 is 0. The fourth-order valence-corrected chi connectivity index (χ4v) is 1.59. The van der Waals surface area contributed by atoms with Gasteiger partial charge in [-0.1, -0.05) is 12.1 Å². The second-order valence-corrected chi connectivity index (χ2v) is 3.95. The van der Waals surface area contributed by atoms with Gasteiger partial charge in [0.25, 0.3) is 0 Å². The van der Waals surface area contributed by atoms with Gasteiger partial charge in [-0.05, 0) is 31.5 Å². The summed E-state index contributed by atoms with van der Waals surface area (Å²) < 4.78 is 15.8. The van der Waals surface area contributed by atoms with Crippen molar-refractivity contribution in [1.29, 1.82) is 0 Å². The van der Waals surface area contributed by atoms with E-state index in [0.29, 0.717) is 6.61 Å². The van der Waals surface area contributed by atoms with E-state index in [2.05, 4.69) is 5.32 Å². The van der Waals surface area contributed by atoms with E-state index in [0.717, 1.165) is 44.0 Å². The van der Waals surface area contributed by atoms with Crippen LogP contribution in [0.15, 0.2) is 24.3 Å². The monoisotopic (exact) mass is 253 g/mol. The smallest absolute Gasteiger partial charge is 0.161 e. The van der Waals surface area contributed by atoms with Crippen LogP contribution in [0.5, 0.6) is 11.5 Å². The first-order chi connectivity index (χ1) is 8.88. The van der Waals surface area contributed by atoms with Crippen molar-refractivity contribution in [2.45, 2.75) is 12.8 Å². The molecule has 0 fully saturated rings. The third-order valence-electron chi connectivity index (χ3n) is 2.56. The largest absolute Gasteiger partial charge is 0.493 e. The van der Waals surface area contributed by atoms with Gasteiger partial charge < -0.3 is 19.5 Å². The molecule has 4 nitrogen and oxygen atoms in total. The van der Waals surface area contributed by atoms with Crippen LogP contribution in [0.1, 0.15) is 12.8 Å². The molecular formula is C14H23NO3. The van der Waals surface area contributed by atoms with Gasteiger partial charge in [-0.3, -0.25) is 0 Å². The number of hydrogen-bond donors (Lipinski definition) is 1. The maximum atomic E-state index is 5.64. The van der Waals surface area contributed by atoms with E-state index in [1.165, 1.54) is 0 Å². The Balaban J connectivity index is 2.07. The summed E-state index contributed by atoms with van der Waals surface area (Å²) in [7, 11) is 3.38. The molecule has 0 atom stereocenters. The second-order valence-electron chi connectivity index (χ2n) is 3.95. The zero-order valence-electron chi connectivity index (χ0n) is 11.3. The van der Waals surface area contributed by atoms with Gasteiger partial charge in [-0.25, -0.2) is 0 Å². The molecule has 1 aromatic carbocycles. The summed E-state index contributed by atoms with van der Waals surface area (Å²) in [6.45, 7) is 3.31. The van der Waals surface area contributed by atoms with Crippen LogP contribution in [0.2, 0.25) is 0 Å². The average Bonchev–Trinajstić information content (AvgIpc) is 2.42. The van der Waals surface area contributed by atoms with Crippen molar-refractivity contribution in [3.8, 4) is 11.5 Å². The number of unbranched alkanes of at least 4 members (excludes halogenated alkanes) is 1. The first-order valence-electron chi connectivity index (χ1n) is 6.34. The molecule has 0 radical (unpaired) electrons. The van der Waals surface area contributed by atoms with Crippen LogP contribution in [-0.2, 0) is 4.74 Å². The van der Waals surface area contributed by atoms with Gasteiger partial charge in [0.1, 0.15) is 6.61 Å². The van der Waals surface area contributed by atoms with E-state index in [-0.39, 0.29) is 0 Å². The molecule has 4 heteroatoms. The van der Waals surface area contributed by atoms with E-state index < -0.39 is 0 Å². The molecule has 0 aliphatic rings. The Kier molecular flexibility index (Phi) is 8.01. The highest BCUT2D eigenvalue weighted by atomic mass is 16.5. The highest BCUT2D eigenvalue weighted by Gasteiger charge is 2.01. The quantitative estimate of drug-likeness (QED) is 0.648. The summed E-state index contributed by atoms with van der Waals surface area (Å²) in [6, 6.07) is 7.68. The molecule has 0 aromatic heterocycles. The number of nitrogens with one attached hydrogen (secondary N) is 1. The zero-order valence-corrected chi connectivity index (χ0v) is 11.3. The number of hydrogen-bond acceptors (Lipinski definition) is 4. The molecular weight excluding hydrogens is 230 g/mol. The Labute approximate surface area is 109 Å². The highest BCUT2D eigenvalue weighted by molar-refractivity contribution is 5.39. The van der Waals surface area contributed by atoms with Gasteiger partial charge in [-0.15, -0.1) is 0 Å². The molecule has 1 rings (SSSR count). The summed E-state index contributed by atoms with van der Waals surface area (Å²) in [4.78, 5) is 0. The number of para-hydroxylation sites is 2. The van der Waals surface area contributed by atoms with Crippen molar-refractivity contribution in [2.24, 2.45) is 0 Å². The minimum absolute atomic E-state index is 0.644. The molecule has 0 amide bonds. The summed E-state index contributed by atoms with van der Waals surface area (Å²) in [5.74, 6) is 1.57. The van der Waals surface area contributed by atoms with Crippen LogP contribution in [0, 0.1) is 0 Å². The number of methoxy groups -OCH3 is 2. The molecule has 102 valence electrons. The van der Waals surface area contributed by atoms with Crippen LogP contribution in [0.25, 0.3) is 0 Å². The Bertz CT molecular complexity index is 318. The van der Waals surface area contributed by atoms with Crippen molar-refractivity contribution >= 4 is 0 Å². The maximum absolute atomic E-state index is 5.64. The first-order valence-corrected chi connectivity index (χ1v) is 6.34. The number of benzene rings is 1. The van der Waals surface area contributed by atoms with Crippen molar-refractivity contribution in [2.75, 3.05) is 40.5 Å². The van der Waals surface area contributed by atoms with E-state index in [1.54, 1.807) is 14.2 Å². The van der Waals surface area contributed by atoms with Crippen molar-refractivity contribution < 1.29 is 14.2 Å². The zero-order chi connectivity index (χ0) is 13.1. The third kappa shape index (κ3) is 5.89. The highest BCUT2D eigenvalue weighted by Crippen LogP contribution is 2.25. The number of rotatable bonds is 10. The molecule has 0 spiro atoms. The normalized spacial score (nSPS) is 10.3. The molecule has 0 bridgehead atoms. The van der Waals surface area contributed by atoms with Crippen LogP contribution >= 0.6 is 0 Å². The number of ether oxygens (including phenoxy) is 3. The molecule has 0 saturated carbocycles. The van der Waals surface area contributed by atoms with Crippen molar-refractivity contribution in [3.05, 3.63) is 24.3 Å². The van der Waals surface area contributed by atoms with Gasteiger partial charge in [0.2, 0.25) is 0 Å². The topological polar surface area (TPSA) is 39.7 Å². The lowest BCUT2D eigenvalue weighted by Crippen LogP contribution is -2.22. The SMILES string of the molecule is COCCCCNCCOc1ccccc1OC. The molecule has 18 heavy (non-hydrogen) atoms. The van der Waals surface area contributed by atoms with Crippen LogP contribution in [0.3, 0.4) is 0 Å². The fraction of sp³-hybridized carbons (Fsp3) is 0.571. The van der Waals surface area contributed by atoms with Gasteiger partial charge >= 0.3 is 0 Å². The van der Waals surface area contributed by atoms with Crippen LogP contribution in [0.4, 0.5) is 0 Å². The standard InChI is InChI=1S/C14H23NO3/c1-16-11-6-5-9-15-10-12-18-14-8-4-3-7-13(14)17-2/h3-4,7-8,15H,5-6,9-12H2,1-2H3. The molecule has 0 aliphatic carbocycles. The lowest BCUT2D eigenvalue weighted by Gasteiger charge is -2.10. The lowest BCUT2D eigenvalue weighted by atomic mass is 10.3. The summed E-state index contributed by atoms with van der Waals surface area (Å²) in [6.07, 6.45) is 2.22. The van der Waals surface area contributed by atoms with Crippen LogP contribution < -0.4 is 14.8 Å². The Morgan fingerprint density at radius 2 is 1.72 bits per heavy atom. The fourth-order valence-electron chi connectivity index (χ4n) is 1.59. The van der Waals surface area contributed by atoms with E-state index >= 15 is 0 Å². The Morgan fingerprint density at radius 1 is 0.944 bits per heavy atom. The van der Waals surface area contributed by atoms with E-state index in [9.17, 15) is 0 Å². The molecule has 0 aliphatic heterocycles. The minimum atomic E-state index is 0.644.